The zero-order valence-electron chi connectivity index (χ0n) is 11.6. The van der Waals surface area contributed by atoms with Gasteiger partial charge in [0.2, 0.25) is 0 Å². The van der Waals surface area contributed by atoms with E-state index >= 15 is 0 Å². The fourth-order valence-electron chi connectivity index (χ4n) is 2.24. The molecule has 2 nitrogen and oxygen atoms in total. The lowest BCUT2D eigenvalue weighted by atomic mass is 10.0. The van der Waals surface area contributed by atoms with Gasteiger partial charge in [-0.25, -0.2) is 0 Å². The van der Waals surface area contributed by atoms with E-state index in [4.69, 9.17) is 4.74 Å². The van der Waals surface area contributed by atoms with Crippen molar-refractivity contribution in [2.75, 3.05) is 13.7 Å². The second-order valence-corrected chi connectivity index (χ2v) is 5.42. The minimum atomic E-state index is 0.494. The number of thiophene rings is 1. The molecule has 0 radical (unpaired) electrons. The van der Waals surface area contributed by atoms with Crippen LogP contribution >= 0.6 is 11.3 Å². The van der Waals surface area contributed by atoms with Gasteiger partial charge in [-0.05, 0) is 59.5 Å². The van der Waals surface area contributed by atoms with E-state index in [1.165, 1.54) is 11.1 Å². The molecule has 1 aromatic carbocycles. The molecule has 2 rings (SSSR count). The topological polar surface area (TPSA) is 21.3 Å². The average Bonchev–Trinajstić information content (AvgIpc) is 2.93. The van der Waals surface area contributed by atoms with E-state index in [9.17, 15) is 0 Å². The van der Waals surface area contributed by atoms with Crippen LogP contribution in [0.2, 0.25) is 0 Å². The summed E-state index contributed by atoms with van der Waals surface area (Å²) in [5.41, 5.74) is 2.77. The minimum absolute atomic E-state index is 0.494. The number of nitrogens with one attached hydrogen (secondary N) is 1. The van der Waals surface area contributed by atoms with E-state index in [1.54, 1.807) is 18.4 Å². The zero-order valence-corrected chi connectivity index (χ0v) is 12.4. The van der Waals surface area contributed by atoms with Crippen LogP contribution in [0.4, 0.5) is 0 Å². The fraction of sp³-hybridized carbons (Fsp3) is 0.375. The molecule has 0 fully saturated rings. The first kappa shape index (κ1) is 14.1. The van der Waals surface area contributed by atoms with Crippen LogP contribution in [0.3, 0.4) is 0 Å². The standard InChI is InChI=1S/C16H21NOS/c1-3-17-15(11-14-8-9-19-12-14)10-13-4-6-16(18-2)7-5-13/h4-9,12,15,17H,3,10-11H2,1-2H3. The first-order valence-corrected chi connectivity index (χ1v) is 7.63. The Labute approximate surface area is 119 Å². The largest absolute Gasteiger partial charge is 0.497 e. The Kier molecular flexibility index (Phi) is 5.43. The second kappa shape index (κ2) is 7.31. The molecule has 0 saturated heterocycles. The molecular weight excluding hydrogens is 254 g/mol. The predicted molar refractivity (Wildman–Crippen MR) is 82.2 cm³/mol. The molecular formula is C16H21NOS. The summed E-state index contributed by atoms with van der Waals surface area (Å²) in [5, 5.41) is 7.95. The average molecular weight is 275 g/mol. The van der Waals surface area contributed by atoms with E-state index in [-0.39, 0.29) is 0 Å². The third-order valence-corrected chi connectivity index (χ3v) is 3.93. The summed E-state index contributed by atoms with van der Waals surface area (Å²) >= 11 is 1.77. The molecule has 0 bridgehead atoms. The molecule has 1 atom stereocenters. The van der Waals surface area contributed by atoms with E-state index in [1.807, 2.05) is 12.1 Å². The van der Waals surface area contributed by atoms with Crippen LogP contribution in [0.15, 0.2) is 41.1 Å². The van der Waals surface area contributed by atoms with Gasteiger partial charge < -0.3 is 10.1 Å². The van der Waals surface area contributed by atoms with Crippen molar-refractivity contribution < 1.29 is 4.74 Å². The summed E-state index contributed by atoms with van der Waals surface area (Å²) < 4.78 is 5.19. The molecule has 1 unspecified atom stereocenters. The summed E-state index contributed by atoms with van der Waals surface area (Å²) in [4.78, 5) is 0. The van der Waals surface area contributed by atoms with Gasteiger partial charge in [0.1, 0.15) is 5.75 Å². The Morgan fingerprint density at radius 3 is 2.42 bits per heavy atom. The van der Waals surface area contributed by atoms with Gasteiger partial charge in [0.25, 0.3) is 0 Å². The number of likely N-dealkylation sites (N-methyl/N-ethyl adjacent to an activating group) is 1. The zero-order chi connectivity index (χ0) is 13.5. The monoisotopic (exact) mass is 275 g/mol. The molecule has 2 aromatic rings. The number of hydrogen-bond donors (Lipinski definition) is 1. The molecule has 3 heteroatoms. The van der Waals surface area contributed by atoms with E-state index in [0.29, 0.717) is 6.04 Å². The van der Waals surface area contributed by atoms with Crippen LogP contribution in [0.1, 0.15) is 18.1 Å². The molecule has 0 aliphatic heterocycles. The van der Waals surface area contributed by atoms with Crippen molar-refractivity contribution >= 4 is 11.3 Å². The van der Waals surface area contributed by atoms with Crippen molar-refractivity contribution in [3.63, 3.8) is 0 Å². The van der Waals surface area contributed by atoms with Crippen LogP contribution < -0.4 is 10.1 Å². The number of hydrogen-bond acceptors (Lipinski definition) is 3. The SMILES string of the molecule is CCNC(Cc1ccc(OC)cc1)Cc1ccsc1. The molecule has 0 saturated carbocycles. The maximum Gasteiger partial charge on any atom is 0.118 e. The molecule has 0 aliphatic carbocycles. The van der Waals surface area contributed by atoms with Crippen LogP contribution in [0.5, 0.6) is 5.75 Å². The van der Waals surface area contributed by atoms with Gasteiger partial charge >= 0.3 is 0 Å². The van der Waals surface area contributed by atoms with Crippen LogP contribution in [-0.4, -0.2) is 19.7 Å². The Balaban J connectivity index is 1.98. The summed E-state index contributed by atoms with van der Waals surface area (Å²) in [7, 11) is 1.70. The van der Waals surface area contributed by atoms with E-state index < -0.39 is 0 Å². The van der Waals surface area contributed by atoms with Crippen molar-refractivity contribution in [3.8, 4) is 5.75 Å². The Bertz CT molecular complexity index is 464. The van der Waals surface area contributed by atoms with Gasteiger partial charge in [0.15, 0.2) is 0 Å². The third-order valence-electron chi connectivity index (χ3n) is 3.20. The van der Waals surface area contributed by atoms with Gasteiger partial charge in [0.05, 0.1) is 7.11 Å². The highest BCUT2D eigenvalue weighted by molar-refractivity contribution is 7.07. The third kappa shape index (κ3) is 4.37. The molecule has 102 valence electrons. The second-order valence-electron chi connectivity index (χ2n) is 4.64. The lowest BCUT2D eigenvalue weighted by Gasteiger charge is -2.17. The van der Waals surface area contributed by atoms with Crippen LogP contribution in [0.25, 0.3) is 0 Å². The lowest BCUT2D eigenvalue weighted by Crippen LogP contribution is -2.32. The van der Waals surface area contributed by atoms with Crippen molar-refractivity contribution in [2.24, 2.45) is 0 Å². The molecule has 0 amide bonds. The highest BCUT2D eigenvalue weighted by atomic mass is 32.1. The van der Waals surface area contributed by atoms with Gasteiger partial charge in [-0.2, -0.15) is 11.3 Å². The Hall–Kier alpha value is -1.32. The van der Waals surface area contributed by atoms with Crippen molar-refractivity contribution in [1.82, 2.24) is 5.32 Å². The summed E-state index contributed by atoms with van der Waals surface area (Å²) in [6, 6.07) is 11.1. The normalized spacial score (nSPS) is 12.3. The first-order valence-electron chi connectivity index (χ1n) is 6.69. The molecule has 1 N–H and O–H groups in total. The molecule has 1 aromatic heterocycles. The lowest BCUT2D eigenvalue weighted by molar-refractivity contribution is 0.414. The summed E-state index contributed by atoms with van der Waals surface area (Å²) in [6.45, 7) is 3.17. The van der Waals surface area contributed by atoms with Crippen molar-refractivity contribution in [2.45, 2.75) is 25.8 Å². The predicted octanol–water partition coefficient (Wildman–Crippen LogP) is 3.52. The quantitative estimate of drug-likeness (QED) is 0.835. The van der Waals surface area contributed by atoms with Gasteiger partial charge in [0, 0.05) is 6.04 Å². The molecule has 1 heterocycles. The minimum Gasteiger partial charge on any atom is -0.497 e. The fourth-order valence-corrected chi connectivity index (χ4v) is 2.93. The van der Waals surface area contributed by atoms with Gasteiger partial charge in [-0.1, -0.05) is 19.1 Å². The van der Waals surface area contributed by atoms with Crippen LogP contribution in [-0.2, 0) is 12.8 Å². The highest BCUT2D eigenvalue weighted by Crippen LogP contribution is 2.15. The molecule has 0 spiro atoms. The number of rotatable bonds is 7. The highest BCUT2D eigenvalue weighted by Gasteiger charge is 2.10. The number of ether oxygens (including phenoxy) is 1. The maximum absolute atomic E-state index is 5.19. The van der Waals surface area contributed by atoms with E-state index in [2.05, 4.69) is 41.2 Å². The smallest absolute Gasteiger partial charge is 0.118 e. The molecule has 19 heavy (non-hydrogen) atoms. The summed E-state index contributed by atoms with van der Waals surface area (Å²) in [6.07, 6.45) is 2.14. The Morgan fingerprint density at radius 1 is 1.11 bits per heavy atom. The van der Waals surface area contributed by atoms with Gasteiger partial charge in [-0.15, -0.1) is 0 Å². The summed E-state index contributed by atoms with van der Waals surface area (Å²) in [5.74, 6) is 0.918. The molecule has 0 aliphatic rings. The number of methoxy groups -OCH3 is 1. The maximum atomic E-state index is 5.19. The van der Waals surface area contributed by atoms with Gasteiger partial charge in [-0.3, -0.25) is 0 Å². The first-order chi connectivity index (χ1) is 9.31. The van der Waals surface area contributed by atoms with Crippen LogP contribution in [0, 0.1) is 0 Å². The number of benzene rings is 1. The van der Waals surface area contributed by atoms with Crippen molar-refractivity contribution in [1.29, 1.82) is 0 Å². The Morgan fingerprint density at radius 2 is 1.84 bits per heavy atom. The van der Waals surface area contributed by atoms with E-state index in [0.717, 1.165) is 25.1 Å². The van der Waals surface area contributed by atoms with Crippen molar-refractivity contribution in [3.05, 3.63) is 52.2 Å².